The Morgan fingerprint density at radius 3 is 2.71 bits per heavy atom. The lowest BCUT2D eigenvalue weighted by Crippen LogP contribution is -2.17. The summed E-state index contributed by atoms with van der Waals surface area (Å²) in [5.74, 6) is 0.547. The fraction of sp³-hybridized carbons (Fsp3) is 0.625. The van der Waals surface area contributed by atoms with Crippen LogP contribution in [0, 0.1) is 11.8 Å². The zero-order valence-electron chi connectivity index (χ0n) is 12.5. The molecule has 1 amide bonds. The zero-order chi connectivity index (χ0) is 15.0. The maximum absolute atomic E-state index is 12.1. The molecular weight excluding hydrogens is 286 g/mol. The molecule has 5 heteroatoms. The molecule has 1 fully saturated rings. The smallest absolute Gasteiger partial charge is 0.341 e. The minimum Gasteiger partial charge on any atom is -0.465 e. The van der Waals surface area contributed by atoms with Gasteiger partial charge >= 0.3 is 5.97 Å². The van der Waals surface area contributed by atoms with Gasteiger partial charge in [0, 0.05) is 10.8 Å². The van der Waals surface area contributed by atoms with Crippen LogP contribution >= 0.6 is 11.3 Å². The molecule has 1 atom stereocenters. The fourth-order valence-corrected chi connectivity index (χ4v) is 4.32. The monoisotopic (exact) mass is 307 g/mol. The predicted molar refractivity (Wildman–Crippen MR) is 82.8 cm³/mol. The summed E-state index contributed by atoms with van der Waals surface area (Å²) in [6.07, 6.45) is 6.12. The van der Waals surface area contributed by atoms with Gasteiger partial charge in [-0.15, -0.1) is 11.3 Å². The van der Waals surface area contributed by atoms with E-state index in [-0.39, 0.29) is 17.8 Å². The minimum absolute atomic E-state index is 0.0470. The van der Waals surface area contributed by atoms with Crippen molar-refractivity contribution >= 4 is 28.2 Å². The van der Waals surface area contributed by atoms with E-state index in [1.165, 1.54) is 12.0 Å². The largest absolute Gasteiger partial charge is 0.465 e. The molecule has 114 valence electrons. The molecule has 0 aromatic carbocycles. The Kier molecular flexibility index (Phi) is 4.02. The zero-order valence-corrected chi connectivity index (χ0v) is 13.3. The maximum Gasteiger partial charge on any atom is 0.341 e. The van der Waals surface area contributed by atoms with Crippen molar-refractivity contribution in [3.63, 3.8) is 0 Å². The van der Waals surface area contributed by atoms with Gasteiger partial charge in [-0.3, -0.25) is 4.79 Å². The van der Waals surface area contributed by atoms with Gasteiger partial charge in [0.15, 0.2) is 0 Å². The van der Waals surface area contributed by atoms with Crippen LogP contribution in [0.5, 0.6) is 0 Å². The van der Waals surface area contributed by atoms with Crippen molar-refractivity contribution in [1.29, 1.82) is 0 Å². The van der Waals surface area contributed by atoms with E-state index in [2.05, 4.69) is 12.2 Å². The van der Waals surface area contributed by atoms with E-state index < -0.39 is 0 Å². The lowest BCUT2D eigenvalue weighted by atomic mass is 9.85. The highest BCUT2D eigenvalue weighted by Crippen LogP contribution is 2.41. The van der Waals surface area contributed by atoms with Crippen LogP contribution in [0.4, 0.5) is 5.00 Å². The molecule has 1 aromatic rings. The van der Waals surface area contributed by atoms with E-state index in [0.29, 0.717) is 16.5 Å². The summed E-state index contributed by atoms with van der Waals surface area (Å²) in [7, 11) is 1.40. The Hall–Kier alpha value is -1.36. The Balaban J connectivity index is 1.92. The van der Waals surface area contributed by atoms with Gasteiger partial charge in [-0.05, 0) is 43.6 Å². The van der Waals surface area contributed by atoms with Crippen LogP contribution in [0.15, 0.2) is 0 Å². The van der Waals surface area contributed by atoms with Gasteiger partial charge in [0.05, 0.1) is 12.7 Å². The highest BCUT2D eigenvalue weighted by atomic mass is 32.1. The molecule has 0 spiro atoms. The normalized spacial score (nSPS) is 20.8. The van der Waals surface area contributed by atoms with Crippen LogP contribution in [0.1, 0.15) is 53.4 Å². The summed E-state index contributed by atoms with van der Waals surface area (Å²) < 4.78 is 4.93. The van der Waals surface area contributed by atoms with Crippen molar-refractivity contribution in [3.8, 4) is 0 Å². The van der Waals surface area contributed by atoms with Gasteiger partial charge in [0.1, 0.15) is 5.00 Å². The van der Waals surface area contributed by atoms with E-state index >= 15 is 0 Å². The third-order valence-corrected chi connectivity index (χ3v) is 5.69. The highest BCUT2D eigenvalue weighted by Gasteiger charge is 2.33. The molecule has 4 nitrogen and oxygen atoms in total. The van der Waals surface area contributed by atoms with Gasteiger partial charge in [-0.25, -0.2) is 4.79 Å². The third kappa shape index (κ3) is 2.84. The number of carbonyl (C=O) groups is 2. The van der Waals surface area contributed by atoms with Crippen molar-refractivity contribution in [2.75, 3.05) is 12.4 Å². The molecule has 0 bridgehead atoms. The number of esters is 1. The summed E-state index contributed by atoms with van der Waals surface area (Å²) in [5.41, 5.74) is 1.70. The summed E-state index contributed by atoms with van der Waals surface area (Å²) in [6.45, 7) is 2.21. The number of hydrogen-bond acceptors (Lipinski definition) is 4. The first kappa shape index (κ1) is 14.6. The van der Waals surface area contributed by atoms with Gasteiger partial charge in [0.2, 0.25) is 5.91 Å². The Labute approximate surface area is 128 Å². The molecule has 3 rings (SSSR count). The van der Waals surface area contributed by atoms with Gasteiger partial charge in [-0.1, -0.05) is 13.3 Å². The Morgan fingerprint density at radius 2 is 2.10 bits per heavy atom. The molecular formula is C16H21NO3S. The maximum atomic E-state index is 12.1. The summed E-state index contributed by atoms with van der Waals surface area (Å²) in [5, 5.41) is 3.65. The summed E-state index contributed by atoms with van der Waals surface area (Å²) >= 11 is 1.57. The van der Waals surface area contributed by atoms with Crippen LogP contribution < -0.4 is 5.32 Å². The summed E-state index contributed by atoms with van der Waals surface area (Å²) in [4.78, 5) is 25.4. The van der Waals surface area contributed by atoms with Crippen LogP contribution in [0.25, 0.3) is 0 Å². The Morgan fingerprint density at radius 1 is 1.33 bits per heavy atom. The molecule has 0 radical (unpaired) electrons. The molecule has 2 aliphatic carbocycles. The number of carbonyl (C=O) groups excluding carboxylic acids is 2. The number of hydrogen-bond donors (Lipinski definition) is 1. The molecule has 1 saturated carbocycles. The second-order valence-electron chi connectivity index (χ2n) is 5.98. The van der Waals surface area contributed by atoms with Gasteiger partial charge in [0.25, 0.3) is 0 Å². The van der Waals surface area contributed by atoms with E-state index in [1.807, 2.05) is 0 Å². The third-order valence-electron chi connectivity index (χ3n) is 4.52. The van der Waals surface area contributed by atoms with Gasteiger partial charge in [-0.2, -0.15) is 0 Å². The quantitative estimate of drug-likeness (QED) is 0.867. The average Bonchev–Trinajstić information content (AvgIpc) is 3.28. The average molecular weight is 307 g/mol. The van der Waals surface area contributed by atoms with E-state index in [1.54, 1.807) is 11.3 Å². The lowest BCUT2D eigenvalue weighted by molar-refractivity contribution is -0.117. The standard InChI is InChI=1S/C16H21NO3S/c1-3-9-4-7-11-12(8-9)21-15(13(11)16(19)20-2)17-14(18)10-5-6-10/h9-10H,3-8H2,1-2H3,(H,17,18)/t9-/m0/s1. The number of methoxy groups -OCH3 is 1. The van der Waals surface area contributed by atoms with Crippen LogP contribution in [-0.2, 0) is 22.4 Å². The highest BCUT2D eigenvalue weighted by molar-refractivity contribution is 7.17. The van der Waals surface area contributed by atoms with E-state index in [0.717, 1.165) is 44.1 Å². The van der Waals surface area contributed by atoms with Crippen molar-refractivity contribution in [2.24, 2.45) is 11.8 Å². The van der Waals surface area contributed by atoms with Crippen molar-refractivity contribution in [1.82, 2.24) is 0 Å². The van der Waals surface area contributed by atoms with Crippen LogP contribution in [0.3, 0.4) is 0 Å². The van der Waals surface area contributed by atoms with Crippen molar-refractivity contribution in [2.45, 2.75) is 45.4 Å². The van der Waals surface area contributed by atoms with Crippen molar-refractivity contribution in [3.05, 3.63) is 16.0 Å². The molecule has 1 heterocycles. The number of anilines is 1. The Bertz CT molecular complexity index is 574. The first-order valence-corrected chi connectivity index (χ1v) is 8.49. The number of amides is 1. The van der Waals surface area contributed by atoms with E-state index in [4.69, 9.17) is 4.74 Å². The first-order valence-electron chi connectivity index (χ1n) is 7.67. The van der Waals surface area contributed by atoms with Crippen LogP contribution in [0.2, 0.25) is 0 Å². The topological polar surface area (TPSA) is 55.4 Å². The van der Waals surface area contributed by atoms with Gasteiger partial charge < -0.3 is 10.1 Å². The predicted octanol–water partition coefficient (Wildman–Crippen LogP) is 3.40. The molecule has 2 aliphatic rings. The minimum atomic E-state index is -0.325. The van der Waals surface area contributed by atoms with E-state index in [9.17, 15) is 9.59 Å². The lowest BCUT2D eigenvalue weighted by Gasteiger charge is -2.20. The molecule has 0 saturated heterocycles. The molecule has 21 heavy (non-hydrogen) atoms. The molecule has 0 aliphatic heterocycles. The second kappa shape index (κ2) is 5.79. The first-order chi connectivity index (χ1) is 10.1. The SMILES string of the molecule is CC[C@H]1CCc2c(sc(NC(=O)C3CC3)c2C(=O)OC)C1. The second-order valence-corrected chi connectivity index (χ2v) is 7.09. The molecule has 1 aromatic heterocycles. The number of nitrogens with one attached hydrogen (secondary N) is 1. The molecule has 1 N–H and O–H groups in total. The number of ether oxygens (including phenoxy) is 1. The number of rotatable bonds is 4. The number of thiophene rings is 1. The van der Waals surface area contributed by atoms with Crippen LogP contribution in [-0.4, -0.2) is 19.0 Å². The van der Waals surface area contributed by atoms with Crippen molar-refractivity contribution < 1.29 is 14.3 Å². The molecule has 0 unspecified atom stereocenters. The fourth-order valence-electron chi connectivity index (χ4n) is 2.97. The number of fused-ring (bicyclic) bond motifs is 1. The summed E-state index contributed by atoms with van der Waals surface area (Å²) in [6, 6.07) is 0.